The van der Waals surface area contributed by atoms with Gasteiger partial charge in [0.2, 0.25) is 0 Å². The van der Waals surface area contributed by atoms with Crippen molar-refractivity contribution in [2.45, 2.75) is 117 Å². The summed E-state index contributed by atoms with van der Waals surface area (Å²) < 4.78 is 14.0. The molecule has 0 atom stereocenters. The van der Waals surface area contributed by atoms with E-state index in [0.29, 0.717) is 0 Å². The highest BCUT2D eigenvalue weighted by molar-refractivity contribution is 9.11. The molecule has 4 rings (SSSR count). The van der Waals surface area contributed by atoms with Crippen molar-refractivity contribution < 1.29 is 9.47 Å². The van der Waals surface area contributed by atoms with Crippen LogP contribution in [0.5, 0.6) is 11.5 Å². The summed E-state index contributed by atoms with van der Waals surface area (Å²) in [5.74, 6) is 1.79. The molecule has 0 fully saturated rings. The predicted octanol–water partition coefficient (Wildman–Crippen LogP) is 13.5. The number of benzene rings is 3. The third-order valence-electron chi connectivity index (χ3n) is 8.51. The van der Waals surface area contributed by atoms with E-state index in [9.17, 15) is 0 Å². The van der Waals surface area contributed by atoms with Gasteiger partial charge in [0.05, 0.1) is 24.6 Å². The Morgan fingerprint density at radius 1 is 0.435 bits per heavy atom. The SMILES string of the molecule is CCCCCCCCCCOc1ccc(-c2nc3c(Br)ccc(Br)c3nc2-c2ccc(OCCCCCCCCCC)cc2)cc1. The molecule has 0 bridgehead atoms. The first-order chi connectivity index (χ1) is 22.6. The monoisotopic (exact) mass is 750 g/mol. The molecule has 1 heterocycles. The number of rotatable bonds is 22. The molecule has 6 heteroatoms. The molecule has 0 saturated heterocycles. The maximum absolute atomic E-state index is 6.08. The molecule has 0 spiro atoms. The van der Waals surface area contributed by atoms with Crippen molar-refractivity contribution in [2.75, 3.05) is 13.2 Å². The van der Waals surface area contributed by atoms with E-state index in [2.05, 4.69) is 70.0 Å². The van der Waals surface area contributed by atoms with E-state index >= 15 is 0 Å². The third kappa shape index (κ3) is 11.7. The summed E-state index contributed by atoms with van der Waals surface area (Å²) in [6, 6.07) is 20.6. The van der Waals surface area contributed by atoms with Crippen molar-refractivity contribution in [3.05, 3.63) is 69.6 Å². The molecule has 0 saturated carbocycles. The third-order valence-corrected chi connectivity index (χ3v) is 9.79. The zero-order valence-electron chi connectivity index (χ0n) is 28.0. The van der Waals surface area contributed by atoms with Gasteiger partial charge in [-0.15, -0.1) is 0 Å². The van der Waals surface area contributed by atoms with E-state index in [-0.39, 0.29) is 0 Å². The largest absolute Gasteiger partial charge is 0.494 e. The molecule has 1 aromatic heterocycles. The van der Waals surface area contributed by atoms with Gasteiger partial charge < -0.3 is 9.47 Å². The maximum Gasteiger partial charge on any atom is 0.119 e. The van der Waals surface area contributed by atoms with Crippen LogP contribution in [0.2, 0.25) is 0 Å². The van der Waals surface area contributed by atoms with Gasteiger partial charge in [-0.3, -0.25) is 0 Å². The van der Waals surface area contributed by atoms with Crippen molar-refractivity contribution in [2.24, 2.45) is 0 Å². The minimum Gasteiger partial charge on any atom is -0.494 e. The Bertz CT molecular complexity index is 1330. The van der Waals surface area contributed by atoms with Crippen LogP contribution in [-0.2, 0) is 0 Å². The topological polar surface area (TPSA) is 44.2 Å². The molecule has 0 aliphatic heterocycles. The van der Waals surface area contributed by atoms with Gasteiger partial charge in [-0.05, 0) is 105 Å². The molecule has 0 radical (unpaired) electrons. The van der Waals surface area contributed by atoms with Crippen molar-refractivity contribution in [1.82, 2.24) is 9.97 Å². The first-order valence-electron chi connectivity index (χ1n) is 17.7. The first kappa shape index (κ1) is 36.4. The zero-order chi connectivity index (χ0) is 32.4. The molecule has 4 aromatic rings. The van der Waals surface area contributed by atoms with E-state index in [1.165, 1.54) is 89.9 Å². The van der Waals surface area contributed by atoms with Gasteiger partial charge in [-0.25, -0.2) is 9.97 Å². The van der Waals surface area contributed by atoms with Gasteiger partial charge in [0.25, 0.3) is 0 Å². The molecule has 0 unspecified atom stereocenters. The smallest absolute Gasteiger partial charge is 0.119 e. The molecule has 4 nitrogen and oxygen atoms in total. The fraction of sp³-hybridized carbons (Fsp3) is 0.500. The Hall–Kier alpha value is -2.44. The molecule has 0 aliphatic rings. The Morgan fingerprint density at radius 3 is 1.11 bits per heavy atom. The fourth-order valence-corrected chi connectivity index (χ4v) is 6.56. The molecule has 46 heavy (non-hydrogen) atoms. The lowest BCUT2D eigenvalue weighted by atomic mass is 10.0. The average Bonchev–Trinajstić information content (AvgIpc) is 3.08. The number of fused-ring (bicyclic) bond motifs is 1. The summed E-state index contributed by atoms with van der Waals surface area (Å²) in [5, 5.41) is 0. The van der Waals surface area contributed by atoms with Crippen LogP contribution in [0.25, 0.3) is 33.5 Å². The van der Waals surface area contributed by atoms with E-state index in [1.807, 2.05) is 36.4 Å². The van der Waals surface area contributed by atoms with Crippen molar-refractivity contribution in [3.63, 3.8) is 0 Å². The van der Waals surface area contributed by atoms with Crippen molar-refractivity contribution in [3.8, 4) is 34.0 Å². The minimum atomic E-state index is 0.754. The minimum absolute atomic E-state index is 0.754. The van der Waals surface area contributed by atoms with Crippen LogP contribution in [0, 0.1) is 0 Å². The summed E-state index contributed by atoms with van der Waals surface area (Å²) >= 11 is 7.39. The van der Waals surface area contributed by atoms with Crippen LogP contribution in [0.3, 0.4) is 0 Å². The molecule has 3 aromatic carbocycles. The highest BCUT2D eigenvalue weighted by atomic mass is 79.9. The second-order valence-corrected chi connectivity index (χ2v) is 14.1. The van der Waals surface area contributed by atoms with Crippen molar-refractivity contribution in [1.29, 1.82) is 0 Å². The number of hydrogen-bond donors (Lipinski definition) is 0. The van der Waals surface area contributed by atoms with E-state index in [4.69, 9.17) is 19.4 Å². The summed E-state index contributed by atoms with van der Waals surface area (Å²) in [6.45, 7) is 6.04. The van der Waals surface area contributed by atoms with Crippen LogP contribution >= 0.6 is 31.9 Å². The Morgan fingerprint density at radius 2 is 0.761 bits per heavy atom. The summed E-state index contributed by atoms with van der Waals surface area (Å²) in [5.41, 5.74) is 5.35. The average molecular weight is 753 g/mol. The van der Waals surface area contributed by atoms with Crippen LogP contribution in [0.15, 0.2) is 69.6 Å². The lowest BCUT2D eigenvalue weighted by Crippen LogP contribution is -1.99. The van der Waals surface area contributed by atoms with Gasteiger partial charge in [0.1, 0.15) is 22.5 Å². The normalized spacial score (nSPS) is 11.3. The zero-order valence-corrected chi connectivity index (χ0v) is 31.1. The summed E-state index contributed by atoms with van der Waals surface area (Å²) in [7, 11) is 0. The lowest BCUT2D eigenvalue weighted by Gasteiger charge is -2.14. The highest BCUT2D eigenvalue weighted by Gasteiger charge is 2.17. The van der Waals surface area contributed by atoms with Crippen LogP contribution in [-0.4, -0.2) is 23.2 Å². The standard InChI is InChI=1S/C40H52Br2N2O2/c1-3-5-7-9-11-13-15-17-29-45-33-23-19-31(20-24-33)37-38(44-40-36(42)28-27-35(41)39(40)43-37)32-21-25-34(26-22-32)46-30-18-16-14-12-10-8-6-4-2/h19-28H,3-18,29-30H2,1-2H3. The van der Waals surface area contributed by atoms with Crippen LogP contribution < -0.4 is 9.47 Å². The first-order valence-corrected chi connectivity index (χ1v) is 19.3. The Balaban J connectivity index is 1.39. The van der Waals surface area contributed by atoms with Crippen molar-refractivity contribution >= 4 is 42.9 Å². The molecule has 248 valence electrons. The lowest BCUT2D eigenvalue weighted by molar-refractivity contribution is 0.304. The van der Waals surface area contributed by atoms with Gasteiger partial charge in [0.15, 0.2) is 0 Å². The number of aromatic nitrogens is 2. The van der Waals surface area contributed by atoms with E-state index in [0.717, 1.165) is 80.0 Å². The van der Waals surface area contributed by atoms with Crippen LogP contribution in [0.4, 0.5) is 0 Å². The van der Waals surface area contributed by atoms with Gasteiger partial charge in [-0.2, -0.15) is 0 Å². The molecular weight excluding hydrogens is 700 g/mol. The Kier molecular flexibility index (Phi) is 16.4. The number of ether oxygens (including phenoxy) is 2. The molecular formula is C40H52Br2N2O2. The molecule has 0 aliphatic carbocycles. The van der Waals surface area contributed by atoms with Gasteiger partial charge in [-0.1, -0.05) is 104 Å². The number of hydrogen-bond acceptors (Lipinski definition) is 4. The van der Waals surface area contributed by atoms with Gasteiger partial charge >= 0.3 is 0 Å². The second kappa shape index (κ2) is 20.7. The molecule has 0 amide bonds. The maximum atomic E-state index is 6.08. The summed E-state index contributed by atoms with van der Waals surface area (Å²) in [6.07, 6.45) is 20.7. The predicted molar refractivity (Wildman–Crippen MR) is 202 cm³/mol. The quantitative estimate of drug-likeness (QED) is 0.0750. The summed E-state index contributed by atoms with van der Waals surface area (Å²) in [4.78, 5) is 10.3. The fourth-order valence-electron chi connectivity index (χ4n) is 5.75. The van der Waals surface area contributed by atoms with Gasteiger partial charge in [0, 0.05) is 20.1 Å². The number of nitrogens with zero attached hydrogens (tertiary/aromatic N) is 2. The molecule has 0 N–H and O–H groups in total. The Labute approximate surface area is 294 Å². The van der Waals surface area contributed by atoms with Crippen LogP contribution in [0.1, 0.15) is 117 Å². The van der Waals surface area contributed by atoms with E-state index < -0.39 is 0 Å². The highest BCUT2D eigenvalue weighted by Crippen LogP contribution is 2.36. The second-order valence-electron chi connectivity index (χ2n) is 12.3. The number of unbranched alkanes of at least 4 members (excludes halogenated alkanes) is 14. The number of halogens is 2. The van der Waals surface area contributed by atoms with E-state index in [1.54, 1.807) is 0 Å².